The molecule has 2 heterocycles. The summed E-state index contributed by atoms with van der Waals surface area (Å²) in [5, 5.41) is 11.8. The van der Waals surface area contributed by atoms with Gasteiger partial charge in [-0.3, -0.25) is 0 Å². The van der Waals surface area contributed by atoms with Crippen molar-refractivity contribution in [1.29, 1.82) is 0 Å². The summed E-state index contributed by atoms with van der Waals surface area (Å²) in [6, 6.07) is 0. The second-order valence-electron chi connectivity index (χ2n) is 4.37. The van der Waals surface area contributed by atoms with Gasteiger partial charge in [-0.25, -0.2) is 9.59 Å². The molecule has 2 saturated heterocycles. The number of carbonyl (C=O) groups is 2. The molecule has 2 rings (SSSR count). The Balaban J connectivity index is -0.000000145. The van der Waals surface area contributed by atoms with Crippen molar-refractivity contribution < 1.29 is 99.6 Å². The van der Waals surface area contributed by atoms with Crippen molar-refractivity contribution in [3.05, 3.63) is 10.4 Å². The van der Waals surface area contributed by atoms with E-state index in [2.05, 4.69) is 14.8 Å². The molecule has 0 unspecified atom stereocenters. The van der Waals surface area contributed by atoms with E-state index < -0.39 is 0 Å². The molecular weight excluding hydrogens is 374 g/mol. The molecular formula is C12H25Ar2N5O5. The molecule has 144 valence electrons. The Bertz CT molecular complexity index is 421. The monoisotopic (exact) mass is 399 g/mol. The van der Waals surface area contributed by atoms with Gasteiger partial charge in [0, 0.05) is 94.5 Å². The minimum Gasteiger partial charge on any atom is -0.444 e. The van der Waals surface area contributed by atoms with E-state index in [1.54, 1.807) is 14.1 Å². The summed E-state index contributed by atoms with van der Waals surface area (Å²) in [6.07, 6.45) is -1.30. The average Bonchev–Trinajstić information content (AvgIpc) is 2.91. The maximum Gasteiger partial charge on any atom is 0.410 e. The van der Waals surface area contributed by atoms with Crippen LogP contribution in [0.3, 0.4) is 0 Å². The summed E-state index contributed by atoms with van der Waals surface area (Å²) in [5.74, 6) is 0. The minimum atomic E-state index is -0.358. The predicted molar refractivity (Wildman–Crippen MR) is 80.4 cm³/mol. The first-order valence-electron chi connectivity index (χ1n) is 5.93. The zero-order chi connectivity index (χ0) is 15.1. The molecule has 24 heavy (non-hydrogen) atoms. The van der Waals surface area contributed by atoms with E-state index in [0.29, 0.717) is 13.1 Å². The van der Waals surface area contributed by atoms with Gasteiger partial charge in [0.2, 0.25) is 0 Å². The molecule has 12 heteroatoms. The van der Waals surface area contributed by atoms with Gasteiger partial charge in [0.05, 0.1) is 26.2 Å². The maximum atomic E-state index is 10.7. The number of likely N-dealkylation sites (N-methyl/N-ethyl adjacent to an activating group) is 2. The molecule has 2 fully saturated rings. The van der Waals surface area contributed by atoms with Gasteiger partial charge in [0.25, 0.3) is 0 Å². The van der Waals surface area contributed by atoms with E-state index in [0.717, 1.165) is 0 Å². The van der Waals surface area contributed by atoms with Crippen LogP contribution in [0.25, 0.3) is 10.4 Å². The van der Waals surface area contributed by atoms with E-state index >= 15 is 0 Å². The van der Waals surface area contributed by atoms with Crippen molar-refractivity contribution in [2.75, 3.05) is 40.3 Å². The molecule has 2 aliphatic heterocycles. The zero-order valence-electron chi connectivity index (χ0n) is 12.0. The molecule has 10 nitrogen and oxygen atoms in total. The Labute approximate surface area is 202 Å². The number of rotatable bonds is 3. The number of amides is 2. The number of ether oxygens (including phenoxy) is 2. The molecule has 0 radical (unpaired) electrons. The summed E-state index contributed by atoms with van der Waals surface area (Å²) in [5.41, 5.74) is 7.96. The number of cyclic esters (lactones) is 2. The Kier molecular flexibility index (Phi) is 22.4. The van der Waals surface area contributed by atoms with E-state index in [1.165, 1.54) is 9.80 Å². The van der Waals surface area contributed by atoms with Crippen LogP contribution in [0.2, 0.25) is 0 Å². The van der Waals surface area contributed by atoms with Gasteiger partial charge in [0.1, 0.15) is 12.2 Å². The van der Waals surface area contributed by atoms with Crippen molar-refractivity contribution in [3.63, 3.8) is 0 Å². The van der Waals surface area contributed by atoms with Crippen molar-refractivity contribution >= 4 is 12.2 Å². The van der Waals surface area contributed by atoms with Crippen molar-refractivity contribution in [2.45, 2.75) is 27.1 Å². The van der Waals surface area contributed by atoms with Gasteiger partial charge in [0.15, 0.2) is 0 Å². The first-order chi connectivity index (χ1) is 9.47. The van der Waals surface area contributed by atoms with Crippen LogP contribution in [0.1, 0.15) is 14.9 Å². The second kappa shape index (κ2) is 16.8. The second-order valence-corrected chi connectivity index (χ2v) is 4.37. The summed E-state index contributed by atoms with van der Waals surface area (Å²) < 4.78 is 9.46. The zero-order valence-corrected chi connectivity index (χ0v) is 13.4. The number of hydrogen-bond donors (Lipinski definition) is 1. The van der Waals surface area contributed by atoms with Crippen LogP contribution in [-0.4, -0.2) is 79.6 Å². The van der Waals surface area contributed by atoms with Crippen LogP contribution < -0.4 is 0 Å². The molecule has 0 aromatic heterocycles. The van der Waals surface area contributed by atoms with Crippen LogP contribution in [0, 0.1) is 75.5 Å². The fourth-order valence-electron chi connectivity index (χ4n) is 1.62. The van der Waals surface area contributed by atoms with E-state index in [-0.39, 0.29) is 128 Å². The Morgan fingerprint density at radius 1 is 1.12 bits per heavy atom. The third kappa shape index (κ3) is 11.0. The fourth-order valence-corrected chi connectivity index (χ4v) is 1.62. The molecule has 2 atom stereocenters. The summed E-state index contributed by atoms with van der Waals surface area (Å²) in [4.78, 5) is 26.7. The average molecular weight is 399 g/mol. The van der Waals surface area contributed by atoms with Gasteiger partial charge in [-0.1, -0.05) is 20.0 Å². The number of azide groups is 1. The molecule has 0 bridgehead atoms. The van der Waals surface area contributed by atoms with E-state index in [9.17, 15) is 9.59 Å². The topological polar surface area (TPSA) is 128 Å². The van der Waals surface area contributed by atoms with E-state index in [1.807, 2.05) is 0 Å². The molecule has 0 aliphatic carbocycles. The third-order valence-electron chi connectivity index (χ3n) is 2.67. The SMILES string of the molecule is C.C.CN1C[C@H](CN=[N+]=[N-])OC1=O.CN1C[C@H](CO)OC1=O.[Ar].[Ar]. The first kappa shape index (κ1) is 32.0. The van der Waals surface area contributed by atoms with Crippen molar-refractivity contribution in [2.24, 2.45) is 5.11 Å². The number of carbonyl (C=O) groups excluding carboxylic acids is 2. The number of aliphatic hydroxyl groups is 1. The molecule has 0 aromatic carbocycles. The third-order valence-corrected chi connectivity index (χ3v) is 2.67. The summed E-state index contributed by atoms with van der Waals surface area (Å²) in [6.45, 7) is 1.12. The first-order valence-corrected chi connectivity index (χ1v) is 5.93. The van der Waals surface area contributed by atoms with Crippen LogP contribution >= 0.6 is 0 Å². The van der Waals surface area contributed by atoms with E-state index in [4.69, 9.17) is 15.4 Å². The van der Waals surface area contributed by atoms with Gasteiger partial charge in [-0.2, -0.15) is 0 Å². The fraction of sp³-hybridized carbons (Fsp3) is 0.833. The number of aliphatic hydroxyl groups excluding tert-OH is 1. The quantitative estimate of drug-likeness (QED) is 0.436. The van der Waals surface area contributed by atoms with Gasteiger partial charge < -0.3 is 24.4 Å². The minimum absolute atomic E-state index is 0. The van der Waals surface area contributed by atoms with Gasteiger partial charge in [-0.05, 0) is 5.53 Å². The Morgan fingerprint density at radius 3 is 1.79 bits per heavy atom. The normalized spacial score (nSPS) is 20.5. The Hall–Kier alpha value is 0.329. The molecule has 2 aliphatic rings. The van der Waals surface area contributed by atoms with Crippen LogP contribution in [-0.2, 0) is 9.47 Å². The number of hydrogen-bond acceptors (Lipinski definition) is 6. The molecule has 0 saturated carbocycles. The van der Waals surface area contributed by atoms with Crippen LogP contribution in [0.4, 0.5) is 9.59 Å². The molecule has 2 amide bonds. The summed E-state index contributed by atoms with van der Waals surface area (Å²) >= 11 is 0. The largest absolute Gasteiger partial charge is 0.444 e. The smallest absolute Gasteiger partial charge is 0.410 e. The summed E-state index contributed by atoms with van der Waals surface area (Å²) in [7, 11) is 3.27. The number of nitrogens with zero attached hydrogens (tertiary/aromatic N) is 5. The van der Waals surface area contributed by atoms with Gasteiger partial charge in [-0.15, -0.1) is 0 Å². The maximum absolute atomic E-state index is 10.7. The molecule has 1 N–H and O–H groups in total. The van der Waals surface area contributed by atoms with Crippen LogP contribution in [0.5, 0.6) is 0 Å². The van der Waals surface area contributed by atoms with Crippen molar-refractivity contribution in [1.82, 2.24) is 9.80 Å². The van der Waals surface area contributed by atoms with Crippen molar-refractivity contribution in [3.8, 4) is 0 Å². The van der Waals surface area contributed by atoms with Gasteiger partial charge >= 0.3 is 12.2 Å². The molecule has 0 spiro atoms. The Morgan fingerprint density at radius 2 is 1.54 bits per heavy atom. The standard InChI is InChI=1S/C5H8N4O2.C5H9NO3.2CH4.2Ar/c1-9-3-4(2-7-8-6)11-5(9)10;1-6-2-4(3-7)9-5(6)8;;;;/h4H,2-3H2,1H3;4,7H,2-3H2,1H3;2*1H4;;/t2*4-;;;;/m01..../s1. The van der Waals surface area contributed by atoms with Crippen LogP contribution in [0.15, 0.2) is 5.11 Å². The molecule has 0 aromatic rings. The predicted octanol–water partition coefficient (Wildman–Crippen LogP) is 1.45.